The summed E-state index contributed by atoms with van der Waals surface area (Å²) in [6.45, 7) is 5.48. The highest BCUT2D eigenvalue weighted by atomic mass is 16.3. The lowest BCUT2D eigenvalue weighted by Gasteiger charge is -2.60. The lowest BCUT2D eigenvalue weighted by molar-refractivity contribution is -0.180. The van der Waals surface area contributed by atoms with Crippen LogP contribution in [0.5, 0.6) is 0 Å². The molecule has 3 saturated carbocycles. The van der Waals surface area contributed by atoms with Gasteiger partial charge in [0.05, 0.1) is 6.10 Å². The van der Waals surface area contributed by atoms with E-state index in [2.05, 4.69) is 13.8 Å². The minimum Gasteiger partial charge on any atom is -0.393 e. The molecule has 0 bridgehead atoms. The van der Waals surface area contributed by atoms with E-state index in [9.17, 15) is 24.9 Å². The summed E-state index contributed by atoms with van der Waals surface area (Å²) in [7, 11) is 0. The number of carbonyl (C=O) groups excluding carboxylic acids is 2. The molecule has 0 radical (unpaired) electrons. The van der Waals surface area contributed by atoms with Crippen LogP contribution in [0.2, 0.25) is 0 Å². The monoisotopic (exact) mass is 374 g/mol. The fraction of sp³-hybridized carbons (Fsp3) is 0.727. The third-order valence-corrected chi connectivity index (χ3v) is 8.57. The van der Waals surface area contributed by atoms with E-state index >= 15 is 0 Å². The zero-order chi connectivity index (χ0) is 19.8. The number of aliphatic hydroxyl groups excluding tert-OH is 2. The highest BCUT2D eigenvalue weighted by Crippen LogP contribution is 2.67. The molecule has 4 aliphatic carbocycles. The Bertz CT molecular complexity index is 754. The quantitative estimate of drug-likeness (QED) is 0.685. The summed E-state index contributed by atoms with van der Waals surface area (Å²) >= 11 is 0. The molecule has 0 aromatic carbocycles. The fourth-order valence-corrected chi connectivity index (χ4v) is 7.34. The summed E-state index contributed by atoms with van der Waals surface area (Å²) in [5, 5.41) is 31.9. The first-order valence-corrected chi connectivity index (χ1v) is 10.1. The van der Waals surface area contributed by atoms with Gasteiger partial charge >= 0.3 is 0 Å². The van der Waals surface area contributed by atoms with Crippen LogP contribution < -0.4 is 0 Å². The predicted molar refractivity (Wildman–Crippen MR) is 99.6 cm³/mol. The molecule has 8 atom stereocenters. The van der Waals surface area contributed by atoms with Crippen LogP contribution >= 0.6 is 0 Å². The Hall–Kier alpha value is -1.30. The third kappa shape index (κ3) is 2.28. The van der Waals surface area contributed by atoms with Gasteiger partial charge < -0.3 is 15.3 Å². The number of hydrogen-bond donors (Lipinski definition) is 3. The minimum absolute atomic E-state index is 0.00620. The number of rotatable bonds is 2. The topological polar surface area (TPSA) is 94.8 Å². The molecule has 3 fully saturated rings. The van der Waals surface area contributed by atoms with Crippen LogP contribution in [0.1, 0.15) is 46.5 Å². The molecule has 0 aromatic heterocycles. The molecule has 2 unspecified atom stereocenters. The van der Waals surface area contributed by atoms with Crippen LogP contribution in [0.4, 0.5) is 0 Å². The van der Waals surface area contributed by atoms with Crippen LogP contribution in [0, 0.1) is 34.5 Å². The Kier molecular flexibility index (Phi) is 4.12. The molecular formula is C22H30O5. The zero-order valence-electron chi connectivity index (χ0n) is 16.3. The minimum atomic E-state index is -1.57. The lowest BCUT2D eigenvalue weighted by Crippen LogP contribution is -2.62. The summed E-state index contributed by atoms with van der Waals surface area (Å²) in [4.78, 5) is 24.4. The first-order chi connectivity index (χ1) is 12.6. The predicted octanol–water partition coefficient (Wildman–Crippen LogP) is 1.80. The van der Waals surface area contributed by atoms with Crippen LogP contribution in [0.3, 0.4) is 0 Å². The maximum absolute atomic E-state index is 12.4. The Labute approximate surface area is 160 Å². The van der Waals surface area contributed by atoms with E-state index in [0.717, 1.165) is 18.4 Å². The fourth-order valence-electron chi connectivity index (χ4n) is 7.34. The van der Waals surface area contributed by atoms with Crippen molar-refractivity contribution < 1.29 is 24.9 Å². The largest absolute Gasteiger partial charge is 0.393 e. The maximum atomic E-state index is 12.4. The number of Topliss-reactive ketones (excluding diaryl/α,β-unsaturated/α-hetero) is 1. The van der Waals surface area contributed by atoms with Crippen molar-refractivity contribution in [2.75, 3.05) is 6.61 Å². The van der Waals surface area contributed by atoms with Gasteiger partial charge in [-0.15, -0.1) is 0 Å². The standard InChI is InChI=1S/C22H30O5/c1-12-8-14-15-5-7-22(27,18(26)11-23)21(15,3)10-17(25)19(14)20(2)6-4-13(24)9-16(12)20/h4,6,9,12,14-15,17,19,23,25,27H,5,7-8,10-11H2,1-3H3/t12-,14?,15?,17-,19+,20-,21-,22-/m0/s1. The van der Waals surface area contributed by atoms with Crippen molar-refractivity contribution in [2.24, 2.45) is 34.5 Å². The molecule has 5 nitrogen and oxygen atoms in total. The van der Waals surface area contributed by atoms with Gasteiger partial charge in [0.25, 0.3) is 0 Å². The van der Waals surface area contributed by atoms with E-state index < -0.39 is 29.5 Å². The second-order valence-corrected chi connectivity index (χ2v) is 9.72. The molecule has 27 heavy (non-hydrogen) atoms. The molecule has 0 heterocycles. The summed E-state index contributed by atoms with van der Waals surface area (Å²) in [6.07, 6.45) is 6.87. The number of hydrogen-bond acceptors (Lipinski definition) is 5. The summed E-state index contributed by atoms with van der Waals surface area (Å²) in [6, 6.07) is 0. The van der Waals surface area contributed by atoms with E-state index in [4.69, 9.17) is 0 Å². The lowest BCUT2D eigenvalue weighted by atomic mass is 9.45. The van der Waals surface area contributed by atoms with E-state index in [0.29, 0.717) is 12.8 Å². The van der Waals surface area contributed by atoms with E-state index in [1.807, 2.05) is 13.0 Å². The Morgan fingerprint density at radius 3 is 2.70 bits per heavy atom. The van der Waals surface area contributed by atoms with Gasteiger partial charge in [-0.1, -0.05) is 32.4 Å². The van der Waals surface area contributed by atoms with Crippen molar-refractivity contribution in [3.63, 3.8) is 0 Å². The van der Waals surface area contributed by atoms with E-state index in [1.54, 1.807) is 12.2 Å². The molecule has 5 heteroatoms. The van der Waals surface area contributed by atoms with Gasteiger partial charge in [-0.3, -0.25) is 9.59 Å². The van der Waals surface area contributed by atoms with Gasteiger partial charge in [0, 0.05) is 16.7 Å². The van der Waals surface area contributed by atoms with Gasteiger partial charge in [-0.2, -0.15) is 0 Å². The average molecular weight is 374 g/mol. The highest BCUT2D eigenvalue weighted by Gasteiger charge is 2.68. The van der Waals surface area contributed by atoms with Crippen molar-refractivity contribution in [1.82, 2.24) is 0 Å². The molecule has 0 amide bonds. The van der Waals surface area contributed by atoms with Crippen LogP contribution in [-0.4, -0.2) is 45.2 Å². The van der Waals surface area contributed by atoms with Crippen molar-refractivity contribution in [3.05, 3.63) is 23.8 Å². The van der Waals surface area contributed by atoms with Crippen molar-refractivity contribution in [1.29, 1.82) is 0 Å². The zero-order valence-corrected chi connectivity index (χ0v) is 16.3. The molecule has 148 valence electrons. The van der Waals surface area contributed by atoms with Gasteiger partial charge in [0.2, 0.25) is 0 Å². The van der Waals surface area contributed by atoms with Crippen molar-refractivity contribution in [3.8, 4) is 0 Å². The Morgan fingerprint density at radius 1 is 1.33 bits per heavy atom. The molecule has 0 spiro atoms. The molecular weight excluding hydrogens is 344 g/mol. The van der Waals surface area contributed by atoms with Gasteiger partial charge in [0.1, 0.15) is 12.2 Å². The van der Waals surface area contributed by atoms with Crippen molar-refractivity contribution in [2.45, 2.75) is 58.2 Å². The molecule has 4 rings (SSSR count). The van der Waals surface area contributed by atoms with E-state index in [1.165, 1.54) is 0 Å². The van der Waals surface area contributed by atoms with Crippen LogP contribution in [0.15, 0.2) is 23.8 Å². The molecule has 0 saturated heterocycles. The number of ketones is 2. The highest BCUT2D eigenvalue weighted by molar-refractivity contribution is 6.01. The second-order valence-electron chi connectivity index (χ2n) is 9.72. The molecule has 3 N–H and O–H groups in total. The SMILES string of the molecule is C[C@H]1CC2C3CC[C@](O)(C(=O)CO)[C@@]3(C)C[C@H](O)[C@@H]2[C@@]2(C)C=CC(=O)C=C12. The molecule has 0 aromatic rings. The summed E-state index contributed by atoms with van der Waals surface area (Å²) in [5.74, 6) is -0.0768. The summed E-state index contributed by atoms with van der Waals surface area (Å²) in [5.41, 5.74) is -1.59. The van der Waals surface area contributed by atoms with Crippen LogP contribution in [-0.2, 0) is 9.59 Å². The molecule has 0 aliphatic heterocycles. The summed E-state index contributed by atoms with van der Waals surface area (Å²) < 4.78 is 0. The normalized spacial score (nSPS) is 51.3. The Morgan fingerprint density at radius 2 is 2.04 bits per heavy atom. The Balaban J connectivity index is 1.78. The maximum Gasteiger partial charge on any atom is 0.190 e. The van der Waals surface area contributed by atoms with Gasteiger partial charge in [-0.25, -0.2) is 0 Å². The number of allylic oxidation sites excluding steroid dienone is 4. The van der Waals surface area contributed by atoms with Crippen LogP contribution in [0.25, 0.3) is 0 Å². The van der Waals surface area contributed by atoms with Gasteiger partial charge in [-0.05, 0) is 55.6 Å². The first kappa shape index (κ1) is 19.0. The van der Waals surface area contributed by atoms with Crippen molar-refractivity contribution >= 4 is 11.6 Å². The smallest absolute Gasteiger partial charge is 0.190 e. The number of fused-ring (bicyclic) bond motifs is 5. The van der Waals surface area contributed by atoms with Gasteiger partial charge in [0.15, 0.2) is 11.6 Å². The number of aliphatic hydroxyl groups is 3. The first-order valence-electron chi connectivity index (χ1n) is 10.1. The number of carbonyl (C=O) groups is 2. The van der Waals surface area contributed by atoms with E-state index in [-0.39, 0.29) is 34.9 Å². The average Bonchev–Trinajstić information content (AvgIpc) is 2.87. The second kappa shape index (κ2) is 5.85. The third-order valence-electron chi connectivity index (χ3n) is 8.57. The molecule has 4 aliphatic rings.